The molecule has 4 heteroatoms. The summed E-state index contributed by atoms with van der Waals surface area (Å²) < 4.78 is 5.25. The summed E-state index contributed by atoms with van der Waals surface area (Å²) in [5.41, 5.74) is 3.69. The average molecular weight is 271 g/mol. The molecule has 1 fully saturated rings. The predicted octanol–water partition coefficient (Wildman–Crippen LogP) is 3.41. The first-order valence-electron chi connectivity index (χ1n) is 7.31. The number of hydrogen-bond donors (Lipinski definition) is 0. The van der Waals surface area contributed by atoms with Crippen LogP contribution in [-0.4, -0.2) is 21.6 Å². The van der Waals surface area contributed by atoms with Crippen molar-refractivity contribution in [1.82, 2.24) is 15.0 Å². The van der Waals surface area contributed by atoms with Gasteiger partial charge in [-0.05, 0) is 50.4 Å². The van der Waals surface area contributed by atoms with Gasteiger partial charge in [0.05, 0.1) is 6.04 Å². The van der Waals surface area contributed by atoms with Crippen LogP contribution in [-0.2, 0) is 6.54 Å². The molecule has 3 rings (SSSR count). The van der Waals surface area contributed by atoms with Gasteiger partial charge in [0.2, 0.25) is 0 Å². The first-order chi connectivity index (χ1) is 9.74. The number of aromatic nitrogens is 2. The molecule has 20 heavy (non-hydrogen) atoms. The van der Waals surface area contributed by atoms with Crippen LogP contribution < -0.4 is 0 Å². The molecule has 0 bridgehead atoms. The fourth-order valence-corrected chi connectivity index (χ4v) is 2.96. The lowest BCUT2D eigenvalue weighted by Crippen LogP contribution is -2.33. The number of piperidine rings is 1. The molecule has 1 saturated heterocycles. The van der Waals surface area contributed by atoms with Crippen molar-refractivity contribution in [3.8, 4) is 0 Å². The fraction of sp³-hybridized carbons (Fsp3) is 0.500. The predicted molar refractivity (Wildman–Crippen MR) is 77.2 cm³/mol. The SMILES string of the molecule is Cc1cc(C2CCCCN2Cc2ccncc2C)no1. The first kappa shape index (κ1) is 13.3. The molecule has 0 amide bonds. The van der Waals surface area contributed by atoms with Gasteiger partial charge in [-0.15, -0.1) is 0 Å². The molecule has 4 nitrogen and oxygen atoms in total. The number of rotatable bonds is 3. The number of hydrogen-bond acceptors (Lipinski definition) is 4. The maximum atomic E-state index is 5.25. The van der Waals surface area contributed by atoms with Gasteiger partial charge >= 0.3 is 0 Å². The Balaban J connectivity index is 1.81. The van der Waals surface area contributed by atoms with Gasteiger partial charge in [-0.1, -0.05) is 11.6 Å². The van der Waals surface area contributed by atoms with E-state index in [4.69, 9.17) is 4.52 Å². The molecule has 1 aliphatic rings. The van der Waals surface area contributed by atoms with E-state index in [9.17, 15) is 0 Å². The standard InChI is InChI=1S/C16H21N3O/c1-12-10-17-7-6-14(12)11-19-8-4-3-5-16(19)15-9-13(2)20-18-15/h6-7,9-10,16H,3-5,8,11H2,1-2H3. The second kappa shape index (κ2) is 5.75. The Bertz CT molecular complexity index is 579. The number of aryl methyl sites for hydroxylation is 2. The van der Waals surface area contributed by atoms with Gasteiger partial charge in [-0.25, -0.2) is 0 Å². The zero-order valence-electron chi connectivity index (χ0n) is 12.2. The smallest absolute Gasteiger partial charge is 0.133 e. The number of pyridine rings is 1. The molecule has 1 atom stereocenters. The van der Waals surface area contributed by atoms with Crippen LogP contribution in [0.1, 0.15) is 47.9 Å². The Morgan fingerprint density at radius 1 is 1.35 bits per heavy atom. The molecule has 106 valence electrons. The zero-order chi connectivity index (χ0) is 13.9. The summed E-state index contributed by atoms with van der Waals surface area (Å²) in [6, 6.07) is 4.58. The van der Waals surface area contributed by atoms with Crippen LogP contribution in [0.2, 0.25) is 0 Å². The normalized spacial score (nSPS) is 20.2. The van der Waals surface area contributed by atoms with Crippen LogP contribution in [0.5, 0.6) is 0 Å². The minimum absolute atomic E-state index is 0.383. The summed E-state index contributed by atoms with van der Waals surface area (Å²) in [5.74, 6) is 0.894. The van der Waals surface area contributed by atoms with E-state index in [1.807, 2.05) is 19.3 Å². The van der Waals surface area contributed by atoms with Crippen LogP contribution in [0, 0.1) is 13.8 Å². The Hall–Kier alpha value is -1.68. The van der Waals surface area contributed by atoms with Crippen molar-refractivity contribution in [1.29, 1.82) is 0 Å². The second-order valence-electron chi connectivity index (χ2n) is 5.65. The summed E-state index contributed by atoms with van der Waals surface area (Å²) in [5, 5.41) is 4.22. The van der Waals surface area contributed by atoms with Gasteiger partial charge < -0.3 is 4.52 Å². The third-order valence-electron chi connectivity index (χ3n) is 4.11. The van der Waals surface area contributed by atoms with E-state index < -0.39 is 0 Å². The average Bonchev–Trinajstić information content (AvgIpc) is 2.88. The van der Waals surface area contributed by atoms with Gasteiger partial charge in [0.25, 0.3) is 0 Å². The highest BCUT2D eigenvalue weighted by molar-refractivity contribution is 5.22. The van der Waals surface area contributed by atoms with Gasteiger partial charge in [0.15, 0.2) is 0 Å². The Morgan fingerprint density at radius 2 is 2.25 bits per heavy atom. The number of likely N-dealkylation sites (tertiary alicyclic amines) is 1. The summed E-state index contributed by atoms with van der Waals surface area (Å²) in [6.45, 7) is 6.17. The van der Waals surface area contributed by atoms with Crippen molar-refractivity contribution < 1.29 is 4.52 Å². The molecular formula is C16H21N3O. The Morgan fingerprint density at radius 3 is 3.00 bits per heavy atom. The molecule has 2 aromatic heterocycles. The topological polar surface area (TPSA) is 42.2 Å². The second-order valence-corrected chi connectivity index (χ2v) is 5.65. The van der Waals surface area contributed by atoms with Crippen LogP contribution in [0.15, 0.2) is 29.0 Å². The molecule has 0 radical (unpaired) electrons. The van der Waals surface area contributed by atoms with Crippen LogP contribution in [0.25, 0.3) is 0 Å². The van der Waals surface area contributed by atoms with Crippen molar-refractivity contribution in [3.05, 3.63) is 47.1 Å². The molecule has 0 saturated carbocycles. The van der Waals surface area contributed by atoms with Gasteiger partial charge in [0, 0.05) is 25.0 Å². The molecule has 3 heterocycles. The lowest BCUT2D eigenvalue weighted by molar-refractivity contribution is 0.133. The summed E-state index contributed by atoms with van der Waals surface area (Å²) in [6.07, 6.45) is 7.51. The fourth-order valence-electron chi connectivity index (χ4n) is 2.96. The van der Waals surface area contributed by atoms with E-state index in [1.165, 1.54) is 24.0 Å². The highest BCUT2D eigenvalue weighted by atomic mass is 16.5. The first-order valence-corrected chi connectivity index (χ1v) is 7.31. The summed E-state index contributed by atoms with van der Waals surface area (Å²) in [7, 11) is 0. The highest BCUT2D eigenvalue weighted by Gasteiger charge is 2.26. The Labute approximate surface area is 119 Å². The van der Waals surface area contributed by atoms with Crippen LogP contribution >= 0.6 is 0 Å². The Kier molecular flexibility index (Phi) is 3.83. The van der Waals surface area contributed by atoms with Gasteiger partial charge in [-0.2, -0.15) is 0 Å². The van der Waals surface area contributed by atoms with Gasteiger partial charge in [0.1, 0.15) is 11.5 Å². The minimum Gasteiger partial charge on any atom is -0.361 e. The maximum absolute atomic E-state index is 5.25. The van der Waals surface area contributed by atoms with Crippen LogP contribution in [0.3, 0.4) is 0 Å². The van der Waals surface area contributed by atoms with E-state index in [0.29, 0.717) is 6.04 Å². The minimum atomic E-state index is 0.383. The molecule has 0 aromatic carbocycles. The third kappa shape index (κ3) is 2.75. The molecule has 1 unspecified atom stereocenters. The maximum Gasteiger partial charge on any atom is 0.133 e. The quantitative estimate of drug-likeness (QED) is 0.858. The van der Waals surface area contributed by atoms with Crippen molar-refractivity contribution in [2.45, 2.75) is 45.7 Å². The highest BCUT2D eigenvalue weighted by Crippen LogP contribution is 2.32. The van der Waals surface area contributed by atoms with Crippen LogP contribution in [0.4, 0.5) is 0 Å². The molecule has 2 aromatic rings. The van der Waals surface area contributed by atoms with E-state index in [0.717, 1.165) is 31.0 Å². The monoisotopic (exact) mass is 271 g/mol. The third-order valence-corrected chi connectivity index (χ3v) is 4.11. The van der Waals surface area contributed by atoms with Crippen molar-refractivity contribution in [3.63, 3.8) is 0 Å². The largest absolute Gasteiger partial charge is 0.361 e. The lowest BCUT2D eigenvalue weighted by Gasteiger charge is -2.34. The molecule has 0 spiro atoms. The van der Waals surface area contributed by atoms with E-state index >= 15 is 0 Å². The van der Waals surface area contributed by atoms with Gasteiger partial charge in [-0.3, -0.25) is 9.88 Å². The molecule has 1 aliphatic heterocycles. The van der Waals surface area contributed by atoms with Crippen molar-refractivity contribution in [2.75, 3.05) is 6.54 Å². The van der Waals surface area contributed by atoms with Crippen molar-refractivity contribution >= 4 is 0 Å². The number of nitrogens with zero attached hydrogens (tertiary/aromatic N) is 3. The zero-order valence-corrected chi connectivity index (χ0v) is 12.2. The summed E-state index contributed by atoms with van der Waals surface area (Å²) >= 11 is 0. The van der Waals surface area contributed by atoms with E-state index in [2.05, 4.69) is 34.1 Å². The molecular weight excluding hydrogens is 250 g/mol. The summed E-state index contributed by atoms with van der Waals surface area (Å²) in [4.78, 5) is 6.69. The lowest BCUT2D eigenvalue weighted by atomic mass is 9.98. The molecule has 0 N–H and O–H groups in total. The van der Waals surface area contributed by atoms with E-state index in [-0.39, 0.29) is 0 Å². The van der Waals surface area contributed by atoms with E-state index in [1.54, 1.807) is 0 Å². The molecule has 0 aliphatic carbocycles. The van der Waals surface area contributed by atoms with Crippen molar-refractivity contribution in [2.24, 2.45) is 0 Å².